The smallest absolute Gasteiger partial charge is 0.308 e. The molecular formula is C15H20FNO3. The Kier molecular flexibility index (Phi) is 4.95. The quantitative estimate of drug-likeness (QED) is 0.793. The molecule has 0 saturated carbocycles. The van der Waals surface area contributed by atoms with Gasteiger partial charge in [-0.2, -0.15) is 0 Å². The number of esters is 1. The number of halogens is 1. The Labute approximate surface area is 118 Å². The first-order chi connectivity index (χ1) is 9.65. The van der Waals surface area contributed by atoms with E-state index in [1.165, 1.54) is 14.2 Å². The molecule has 0 bridgehead atoms. The molecule has 1 fully saturated rings. The summed E-state index contributed by atoms with van der Waals surface area (Å²) in [5.74, 6) is -0.194. The summed E-state index contributed by atoms with van der Waals surface area (Å²) in [6.45, 7) is 2.09. The molecule has 0 radical (unpaired) electrons. The van der Waals surface area contributed by atoms with Gasteiger partial charge in [0.25, 0.3) is 0 Å². The normalized spacial score (nSPS) is 16.9. The van der Waals surface area contributed by atoms with Crippen molar-refractivity contribution in [2.45, 2.75) is 19.4 Å². The van der Waals surface area contributed by atoms with Gasteiger partial charge in [0.15, 0.2) is 11.6 Å². The van der Waals surface area contributed by atoms with Crippen molar-refractivity contribution in [1.29, 1.82) is 0 Å². The summed E-state index contributed by atoms with van der Waals surface area (Å²) in [5.41, 5.74) is 0.626. The molecule has 0 unspecified atom stereocenters. The lowest BCUT2D eigenvalue weighted by atomic mass is 9.96. The minimum absolute atomic E-state index is 0.0218. The standard InChI is InChI=1S/C15H20FNO3/c1-19-13-5-3-4-12(14(13)16)10-17-8-6-11(7-9-17)15(18)20-2/h3-5,11H,6-10H2,1-2H3. The highest BCUT2D eigenvalue weighted by Crippen LogP contribution is 2.24. The van der Waals surface area contributed by atoms with E-state index in [-0.39, 0.29) is 23.5 Å². The number of piperidine rings is 1. The van der Waals surface area contributed by atoms with E-state index in [9.17, 15) is 9.18 Å². The van der Waals surface area contributed by atoms with Crippen molar-refractivity contribution in [3.8, 4) is 5.75 Å². The van der Waals surface area contributed by atoms with Crippen molar-refractivity contribution in [3.05, 3.63) is 29.6 Å². The average Bonchev–Trinajstić information content (AvgIpc) is 2.49. The molecule has 0 spiro atoms. The van der Waals surface area contributed by atoms with Gasteiger partial charge in [-0.05, 0) is 32.0 Å². The molecule has 0 amide bonds. The zero-order chi connectivity index (χ0) is 14.5. The molecule has 1 aliphatic rings. The SMILES string of the molecule is COC(=O)C1CCN(Cc2cccc(OC)c2F)CC1. The second kappa shape index (κ2) is 6.70. The van der Waals surface area contributed by atoms with Gasteiger partial charge in [-0.15, -0.1) is 0 Å². The van der Waals surface area contributed by atoms with E-state index < -0.39 is 0 Å². The van der Waals surface area contributed by atoms with Crippen LogP contribution < -0.4 is 4.74 Å². The van der Waals surface area contributed by atoms with Gasteiger partial charge in [-0.1, -0.05) is 12.1 Å². The lowest BCUT2D eigenvalue weighted by Gasteiger charge is -2.30. The molecule has 0 N–H and O–H groups in total. The summed E-state index contributed by atoms with van der Waals surface area (Å²) in [4.78, 5) is 13.6. The van der Waals surface area contributed by atoms with Crippen molar-refractivity contribution >= 4 is 5.97 Å². The summed E-state index contributed by atoms with van der Waals surface area (Å²) in [6.07, 6.45) is 1.52. The second-order valence-electron chi connectivity index (χ2n) is 5.01. The van der Waals surface area contributed by atoms with Gasteiger partial charge in [0.05, 0.1) is 20.1 Å². The summed E-state index contributed by atoms with van der Waals surface area (Å²) in [6, 6.07) is 5.17. The fourth-order valence-electron chi connectivity index (χ4n) is 2.57. The molecule has 0 atom stereocenters. The summed E-state index contributed by atoms with van der Waals surface area (Å²) < 4.78 is 23.8. The largest absolute Gasteiger partial charge is 0.494 e. The van der Waals surface area contributed by atoms with Crippen molar-refractivity contribution in [2.24, 2.45) is 5.92 Å². The van der Waals surface area contributed by atoms with E-state index in [0.29, 0.717) is 12.1 Å². The van der Waals surface area contributed by atoms with Crippen LogP contribution in [-0.4, -0.2) is 38.2 Å². The van der Waals surface area contributed by atoms with Crippen LogP contribution >= 0.6 is 0 Å². The first-order valence-corrected chi connectivity index (χ1v) is 6.77. The van der Waals surface area contributed by atoms with Gasteiger partial charge in [-0.3, -0.25) is 9.69 Å². The first-order valence-electron chi connectivity index (χ1n) is 6.77. The zero-order valence-electron chi connectivity index (χ0n) is 11.9. The van der Waals surface area contributed by atoms with Gasteiger partial charge in [0, 0.05) is 12.1 Å². The number of hydrogen-bond donors (Lipinski definition) is 0. The lowest BCUT2D eigenvalue weighted by molar-refractivity contribution is -0.147. The van der Waals surface area contributed by atoms with E-state index in [1.807, 2.05) is 0 Å². The fraction of sp³-hybridized carbons (Fsp3) is 0.533. The monoisotopic (exact) mass is 281 g/mol. The maximum Gasteiger partial charge on any atom is 0.308 e. The van der Waals surface area contributed by atoms with E-state index in [2.05, 4.69) is 4.90 Å². The van der Waals surface area contributed by atoms with Gasteiger partial charge in [0.2, 0.25) is 0 Å². The Morgan fingerprint density at radius 2 is 2.05 bits per heavy atom. The summed E-state index contributed by atoms with van der Waals surface area (Å²) in [7, 11) is 2.88. The predicted molar refractivity (Wildman–Crippen MR) is 73.0 cm³/mol. The van der Waals surface area contributed by atoms with Crippen LogP contribution in [0.25, 0.3) is 0 Å². The lowest BCUT2D eigenvalue weighted by Crippen LogP contribution is -2.36. The van der Waals surface area contributed by atoms with E-state index in [0.717, 1.165) is 25.9 Å². The average molecular weight is 281 g/mol. The number of ether oxygens (including phenoxy) is 2. The van der Waals surface area contributed by atoms with Gasteiger partial charge < -0.3 is 9.47 Å². The molecule has 4 nitrogen and oxygen atoms in total. The van der Waals surface area contributed by atoms with Crippen molar-refractivity contribution in [2.75, 3.05) is 27.3 Å². The second-order valence-corrected chi connectivity index (χ2v) is 5.01. The van der Waals surface area contributed by atoms with Crippen molar-refractivity contribution in [3.63, 3.8) is 0 Å². The number of carbonyl (C=O) groups is 1. The fourth-order valence-corrected chi connectivity index (χ4v) is 2.57. The highest BCUT2D eigenvalue weighted by molar-refractivity contribution is 5.72. The number of hydrogen-bond acceptors (Lipinski definition) is 4. The number of rotatable bonds is 4. The molecule has 20 heavy (non-hydrogen) atoms. The van der Waals surface area contributed by atoms with Crippen LogP contribution in [0.3, 0.4) is 0 Å². The topological polar surface area (TPSA) is 38.8 Å². The third kappa shape index (κ3) is 3.28. The van der Waals surface area contributed by atoms with Crippen LogP contribution in [0.4, 0.5) is 4.39 Å². The number of benzene rings is 1. The molecule has 1 saturated heterocycles. The van der Waals surface area contributed by atoms with E-state index in [4.69, 9.17) is 9.47 Å². The minimum Gasteiger partial charge on any atom is -0.494 e. The van der Waals surface area contributed by atoms with Crippen LogP contribution in [0.1, 0.15) is 18.4 Å². The molecule has 0 aromatic heterocycles. The molecule has 1 aromatic rings. The van der Waals surface area contributed by atoms with E-state index >= 15 is 0 Å². The maximum absolute atomic E-state index is 14.1. The van der Waals surface area contributed by atoms with Crippen molar-refractivity contribution in [1.82, 2.24) is 4.90 Å². The Morgan fingerprint density at radius 1 is 1.35 bits per heavy atom. The number of likely N-dealkylation sites (tertiary alicyclic amines) is 1. The Morgan fingerprint density at radius 3 is 2.65 bits per heavy atom. The van der Waals surface area contributed by atoms with Gasteiger partial charge in [0.1, 0.15) is 0 Å². The molecule has 5 heteroatoms. The molecule has 110 valence electrons. The summed E-state index contributed by atoms with van der Waals surface area (Å²) in [5, 5.41) is 0. The number of nitrogens with zero attached hydrogens (tertiary/aromatic N) is 1. The van der Waals surface area contributed by atoms with E-state index in [1.54, 1.807) is 18.2 Å². The molecule has 1 aliphatic heterocycles. The van der Waals surface area contributed by atoms with Crippen LogP contribution in [0.15, 0.2) is 18.2 Å². The third-order valence-corrected chi connectivity index (χ3v) is 3.78. The minimum atomic E-state index is -0.301. The number of methoxy groups -OCH3 is 2. The highest BCUT2D eigenvalue weighted by Gasteiger charge is 2.26. The maximum atomic E-state index is 14.1. The Balaban J connectivity index is 1.94. The number of carbonyl (C=O) groups excluding carboxylic acids is 1. The Bertz CT molecular complexity index is 470. The zero-order valence-corrected chi connectivity index (χ0v) is 11.9. The summed E-state index contributed by atoms with van der Waals surface area (Å²) >= 11 is 0. The molecule has 1 heterocycles. The van der Waals surface area contributed by atoms with Gasteiger partial charge >= 0.3 is 5.97 Å². The van der Waals surface area contributed by atoms with Crippen LogP contribution in [0, 0.1) is 11.7 Å². The van der Waals surface area contributed by atoms with Gasteiger partial charge in [-0.25, -0.2) is 4.39 Å². The molecular weight excluding hydrogens is 261 g/mol. The molecule has 0 aliphatic carbocycles. The third-order valence-electron chi connectivity index (χ3n) is 3.78. The predicted octanol–water partition coefficient (Wildman–Crippen LogP) is 2.22. The van der Waals surface area contributed by atoms with Crippen LogP contribution in [-0.2, 0) is 16.1 Å². The molecule has 1 aromatic carbocycles. The highest BCUT2D eigenvalue weighted by atomic mass is 19.1. The van der Waals surface area contributed by atoms with Crippen molar-refractivity contribution < 1.29 is 18.7 Å². The van der Waals surface area contributed by atoms with Crippen LogP contribution in [0.2, 0.25) is 0 Å². The Hall–Kier alpha value is -1.62. The van der Waals surface area contributed by atoms with Crippen LogP contribution in [0.5, 0.6) is 5.75 Å². The first kappa shape index (κ1) is 14.8. The molecule has 2 rings (SSSR count).